The summed E-state index contributed by atoms with van der Waals surface area (Å²) < 4.78 is 11.8. The van der Waals surface area contributed by atoms with Crippen LogP contribution >= 0.6 is 11.6 Å². The van der Waals surface area contributed by atoms with Crippen LogP contribution in [0.5, 0.6) is 5.75 Å². The number of hydrogen-bond donors (Lipinski definition) is 1. The first-order valence-electron chi connectivity index (χ1n) is 8.37. The summed E-state index contributed by atoms with van der Waals surface area (Å²) >= 11 is 5.86. The molecule has 0 fully saturated rings. The van der Waals surface area contributed by atoms with Crippen LogP contribution in [0.3, 0.4) is 0 Å². The molecule has 3 aromatic rings. The third kappa shape index (κ3) is 4.69. The smallest absolute Gasteiger partial charge is 0.360 e. The van der Waals surface area contributed by atoms with Gasteiger partial charge in [0.2, 0.25) is 0 Å². The summed E-state index contributed by atoms with van der Waals surface area (Å²) in [6.07, 6.45) is 1.54. The third-order valence-electron chi connectivity index (χ3n) is 3.86. The Kier molecular flexibility index (Phi) is 5.96. The second-order valence-corrected chi connectivity index (χ2v) is 6.39. The SMILES string of the molecule is COC(=O)c1nn(C)cc1NC(=O)c1cccc(COc2ccc(Cl)cc2)c1. The first-order valence-corrected chi connectivity index (χ1v) is 8.74. The molecule has 0 aliphatic rings. The maximum Gasteiger partial charge on any atom is 0.360 e. The lowest BCUT2D eigenvalue weighted by atomic mass is 10.1. The summed E-state index contributed by atoms with van der Waals surface area (Å²) in [6, 6.07) is 14.1. The lowest BCUT2D eigenvalue weighted by molar-refractivity contribution is 0.0594. The molecule has 2 aromatic carbocycles. The number of carbonyl (C=O) groups excluding carboxylic acids is 2. The van der Waals surface area contributed by atoms with E-state index in [1.165, 1.54) is 18.0 Å². The molecule has 8 heteroatoms. The fourth-order valence-electron chi connectivity index (χ4n) is 2.52. The monoisotopic (exact) mass is 399 g/mol. The molecule has 1 aromatic heterocycles. The predicted molar refractivity (Wildman–Crippen MR) is 105 cm³/mol. The molecule has 0 spiro atoms. The second kappa shape index (κ2) is 8.58. The minimum absolute atomic E-state index is 0.0422. The van der Waals surface area contributed by atoms with Gasteiger partial charge in [-0.25, -0.2) is 4.79 Å². The van der Waals surface area contributed by atoms with Gasteiger partial charge in [-0.15, -0.1) is 0 Å². The molecule has 28 heavy (non-hydrogen) atoms. The van der Waals surface area contributed by atoms with Crippen LogP contribution in [0, 0.1) is 0 Å². The van der Waals surface area contributed by atoms with E-state index in [4.69, 9.17) is 16.3 Å². The molecular weight excluding hydrogens is 382 g/mol. The van der Waals surface area contributed by atoms with Gasteiger partial charge in [0.05, 0.1) is 12.8 Å². The normalized spacial score (nSPS) is 10.4. The number of nitrogens with zero attached hydrogens (tertiary/aromatic N) is 2. The molecule has 0 atom stereocenters. The standard InChI is InChI=1S/C20H18ClN3O4/c1-24-11-17(18(23-24)20(26)27-2)22-19(25)14-5-3-4-13(10-14)12-28-16-8-6-15(21)7-9-16/h3-11H,12H2,1-2H3,(H,22,25). The van der Waals surface area contributed by atoms with Gasteiger partial charge >= 0.3 is 5.97 Å². The lowest BCUT2D eigenvalue weighted by Gasteiger charge is -2.09. The summed E-state index contributed by atoms with van der Waals surface area (Å²) in [5, 5.41) is 7.34. The number of esters is 1. The van der Waals surface area contributed by atoms with Crippen molar-refractivity contribution in [3.8, 4) is 5.75 Å². The molecule has 0 saturated carbocycles. The molecule has 3 rings (SSSR count). The van der Waals surface area contributed by atoms with Gasteiger partial charge in [0.15, 0.2) is 5.69 Å². The summed E-state index contributed by atoms with van der Waals surface area (Å²) in [5.74, 6) is -0.315. The van der Waals surface area contributed by atoms with Gasteiger partial charge in [0.1, 0.15) is 12.4 Å². The number of aromatic nitrogens is 2. The Hall–Kier alpha value is -3.32. The summed E-state index contributed by atoms with van der Waals surface area (Å²) in [6.45, 7) is 0.295. The van der Waals surface area contributed by atoms with Gasteiger partial charge in [-0.2, -0.15) is 5.10 Å². The van der Waals surface area contributed by atoms with Crippen LogP contribution in [0.25, 0.3) is 0 Å². The van der Waals surface area contributed by atoms with E-state index in [0.717, 1.165) is 5.56 Å². The maximum atomic E-state index is 12.6. The van der Waals surface area contributed by atoms with Crippen molar-refractivity contribution < 1.29 is 19.1 Å². The van der Waals surface area contributed by atoms with E-state index in [9.17, 15) is 9.59 Å². The Bertz CT molecular complexity index is 999. The predicted octanol–water partition coefficient (Wildman–Crippen LogP) is 3.69. The van der Waals surface area contributed by atoms with E-state index in [0.29, 0.717) is 22.9 Å². The van der Waals surface area contributed by atoms with Gasteiger partial charge < -0.3 is 14.8 Å². The molecule has 0 aliphatic heterocycles. The van der Waals surface area contributed by atoms with Crippen LogP contribution in [0.1, 0.15) is 26.4 Å². The minimum atomic E-state index is -0.624. The minimum Gasteiger partial charge on any atom is -0.489 e. The Morgan fingerprint density at radius 3 is 2.64 bits per heavy atom. The van der Waals surface area contributed by atoms with Crippen LogP contribution in [0.15, 0.2) is 54.7 Å². The van der Waals surface area contributed by atoms with E-state index in [1.54, 1.807) is 49.5 Å². The van der Waals surface area contributed by atoms with E-state index in [2.05, 4.69) is 15.2 Å². The first kappa shape index (κ1) is 19.4. The van der Waals surface area contributed by atoms with Crippen LogP contribution in [-0.2, 0) is 18.4 Å². The summed E-state index contributed by atoms with van der Waals surface area (Å²) in [7, 11) is 2.91. The molecule has 0 unspecified atom stereocenters. The van der Waals surface area contributed by atoms with Crippen molar-refractivity contribution in [2.45, 2.75) is 6.61 Å². The summed E-state index contributed by atoms with van der Waals surface area (Å²) in [5.41, 5.74) is 1.57. The Morgan fingerprint density at radius 2 is 1.93 bits per heavy atom. The number of nitrogens with one attached hydrogen (secondary N) is 1. The van der Waals surface area contributed by atoms with Crippen LogP contribution in [-0.4, -0.2) is 28.8 Å². The molecular formula is C20H18ClN3O4. The zero-order valence-electron chi connectivity index (χ0n) is 15.3. The number of ether oxygens (including phenoxy) is 2. The van der Waals surface area contributed by atoms with E-state index >= 15 is 0 Å². The molecule has 1 amide bonds. The van der Waals surface area contributed by atoms with E-state index in [1.807, 2.05) is 6.07 Å². The van der Waals surface area contributed by atoms with Crippen molar-refractivity contribution in [3.05, 3.63) is 76.6 Å². The fraction of sp³-hybridized carbons (Fsp3) is 0.150. The second-order valence-electron chi connectivity index (χ2n) is 5.95. The highest BCUT2D eigenvalue weighted by molar-refractivity contribution is 6.30. The number of benzene rings is 2. The Labute approximate surface area is 166 Å². The largest absolute Gasteiger partial charge is 0.489 e. The number of methoxy groups -OCH3 is 1. The molecule has 1 heterocycles. The van der Waals surface area contributed by atoms with Crippen LogP contribution < -0.4 is 10.1 Å². The van der Waals surface area contributed by atoms with Crippen molar-refractivity contribution in [2.24, 2.45) is 7.05 Å². The average Bonchev–Trinajstić information content (AvgIpc) is 3.07. The highest BCUT2D eigenvalue weighted by Crippen LogP contribution is 2.19. The third-order valence-corrected chi connectivity index (χ3v) is 4.12. The van der Waals surface area contributed by atoms with Crippen molar-refractivity contribution in [2.75, 3.05) is 12.4 Å². The zero-order chi connectivity index (χ0) is 20.1. The quantitative estimate of drug-likeness (QED) is 0.639. The Balaban J connectivity index is 1.70. The molecule has 0 saturated heterocycles. The lowest BCUT2D eigenvalue weighted by Crippen LogP contribution is -2.15. The number of aryl methyl sites for hydroxylation is 1. The summed E-state index contributed by atoms with van der Waals surface area (Å²) in [4.78, 5) is 24.4. The molecule has 0 aliphatic carbocycles. The topological polar surface area (TPSA) is 82.5 Å². The van der Waals surface area contributed by atoms with Gasteiger partial charge in [0, 0.05) is 23.8 Å². The zero-order valence-corrected chi connectivity index (χ0v) is 16.1. The molecule has 144 valence electrons. The van der Waals surface area contributed by atoms with Crippen molar-refractivity contribution in [1.29, 1.82) is 0 Å². The highest BCUT2D eigenvalue weighted by Gasteiger charge is 2.19. The molecule has 7 nitrogen and oxygen atoms in total. The van der Waals surface area contributed by atoms with Gasteiger partial charge in [-0.05, 0) is 42.0 Å². The first-order chi connectivity index (χ1) is 13.5. The van der Waals surface area contributed by atoms with E-state index < -0.39 is 5.97 Å². The maximum absolute atomic E-state index is 12.6. The van der Waals surface area contributed by atoms with Crippen LogP contribution in [0.4, 0.5) is 5.69 Å². The number of hydrogen-bond acceptors (Lipinski definition) is 5. The van der Waals surface area contributed by atoms with Gasteiger partial charge in [-0.3, -0.25) is 9.48 Å². The molecule has 0 bridgehead atoms. The fourth-order valence-corrected chi connectivity index (χ4v) is 2.65. The number of carbonyl (C=O) groups is 2. The highest BCUT2D eigenvalue weighted by atomic mass is 35.5. The number of halogens is 1. The molecule has 1 N–H and O–H groups in total. The van der Waals surface area contributed by atoms with Crippen molar-refractivity contribution >= 4 is 29.2 Å². The number of anilines is 1. The number of amides is 1. The van der Waals surface area contributed by atoms with Crippen molar-refractivity contribution in [3.63, 3.8) is 0 Å². The molecule has 0 radical (unpaired) electrons. The Morgan fingerprint density at radius 1 is 1.18 bits per heavy atom. The van der Waals surface area contributed by atoms with E-state index in [-0.39, 0.29) is 17.3 Å². The van der Waals surface area contributed by atoms with Gasteiger partial charge in [-0.1, -0.05) is 23.7 Å². The van der Waals surface area contributed by atoms with Crippen molar-refractivity contribution in [1.82, 2.24) is 9.78 Å². The average molecular weight is 400 g/mol. The van der Waals surface area contributed by atoms with Crippen LogP contribution in [0.2, 0.25) is 5.02 Å². The number of rotatable bonds is 6. The van der Waals surface area contributed by atoms with Gasteiger partial charge in [0.25, 0.3) is 5.91 Å².